The van der Waals surface area contributed by atoms with Gasteiger partial charge in [-0.05, 0) is 25.2 Å². The van der Waals surface area contributed by atoms with Gasteiger partial charge in [-0.25, -0.2) is 0 Å². The molecule has 0 amide bonds. The van der Waals surface area contributed by atoms with E-state index in [4.69, 9.17) is 4.74 Å². The highest BCUT2D eigenvalue weighted by molar-refractivity contribution is 6.08. The Bertz CT molecular complexity index is 700. The second-order valence-electron chi connectivity index (χ2n) is 4.34. The van der Waals surface area contributed by atoms with Crippen LogP contribution in [0.25, 0.3) is 21.8 Å². The normalized spacial score (nSPS) is 11.2. The van der Waals surface area contributed by atoms with E-state index in [9.17, 15) is 0 Å². The Morgan fingerprint density at radius 2 is 1.83 bits per heavy atom. The summed E-state index contributed by atoms with van der Waals surface area (Å²) in [4.78, 5) is 0. The number of nitrogens with one attached hydrogen (secondary N) is 1. The van der Waals surface area contributed by atoms with E-state index < -0.39 is 0 Å². The topological polar surface area (TPSA) is 26.2 Å². The number of benzene rings is 2. The molecular formula is C15H16N2O. The molecule has 1 aromatic heterocycles. The number of hydrogen-bond donors (Lipinski definition) is 1. The molecule has 18 heavy (non-hydrogen) atoms. The van der Waals surface area contributed by atoms with Crippen molar-refractivity contribution in [1.82, 2.24) is 9.88 Å². The Morgan fingerprint density at radius 1 is 1.06 bits per heavy atom. The van der Waals surface area contributed by atoms with Crippen molar-refractivity contribution in [2.45, 2.75) is 6.67 Å². The fraction of sp³-hybridized carbons (Fsp3) is 0.200. The first-order valence-electron chi connectivity index (χ1n) is 6.04. The molecule has 0 fully saturated rings. The van der Waals surface area contributed by atoms with Gasteiger partial charge < -0.3 is 14.6 Å². The van der Waals surface area contributed by atoms with Crippen molar-refractivity contribution in [2.75, 3.05) is 14.2 Å². The van der Waals surface area contributed by atoms with Gasteiger partial charge in [0.15, 0.2) is 0 Å². The van der Waals surface area contributed by atoms with Crippen molar-refractivity contribution in [3.63, 3.8) is 0 Å². The van der Waals surface area contributed by atoms with Crippen LogP contribution in [0.15, 0.2) is 42.5 Å². The Balaban J connectivity index is 2.42. The number of hydrogen-bond acceptors (Lipinski definition) is 2. The third-order valence-corrected chi connectivity index (χ3v) is 3.30. The summed E-state index contributed by atoms with van der Waals surface area (Å²) >= 11 is 0. The highest BCUT2D eigenvalue weighted by atomic mass is 16.5. The lowest BCUT2D eigenvalue weighted by Gasteiger charge is -2.06. The van der Waals surface area contributed by atoms with Crippen molar-refractivity contribution < 1.29 is 4.74 Å². The molecule has 3 heteroatoms. The standard InChI is InChI=1S/C15H16N2O/c1-16-10-17-14-6-4-3-5-12(14)13-8-7-11(18-2)9-15(13)17/h3-9,16H,10H2,1-2H3. The monoisotopic (exact) mass is 240 g/mol. The molecule has 1 N–H and O–H groups in total. The lowest BCUT2D eigenvalue weighted by molar-refractivity contribution is 0.415. The number of ether oxygens (including phenoxy) is 1. The van der Waals surface area contributed by atoms with Crippen LogP contribution in [0.2, 0.25) is 0 Å². The van der Waals surface area contributed by atoms with Gasteiger partial charge in [0.2, 0.25) is 0 Å². The highest BCUT2D eigenvalue weighted by Gasteiger charge is 2.09. The van der Waals surface area contributed by atoms with Crippen LogP contribution in [0.3, 0.4) is 0 Å². The van der Waals surface area contributed by atoms with E-state index in [-0.39, 0.29) is 0 Å². The fourth-order valence-corrected chi connectivity index (χ4v) is 2.48. The van der Waals surface area contributed by atoms with Crippen LogP contribution in [0.4, 0.5) is 0 Å². The summed E-state index contributed by atoms with van der Waals surface area (Å²) in [5.74, 6) is 0.891. The molecule has 3 aromatic rings. The summed E-state index contributed by atoms with van der Waals surface area (Å²) in [6.45, 7) is 0.789. The third-order valence-electron chi connectivity index (χ3n) is 3.30. The molecule has 0 unspecified atom stereocenters. The maximum absolute atomic E-state index is 5.32. The quantitative estimate of drug-likeness (QED) is 0.761. The predicted molar refractivity (Wildman–Crippen MR) is 75.1 cm³/mol. The molecule has 0 aliphatic carbocycles. The Labute approximate surface area is 106 Å². The van der Waals surface area contributed by atoms with Crippen LogP contribution < -0.4 is 10.1 Å². The van der Waals surface area contributed by atoms with Crippen LogP contribution in [0, 0.1) is 0 Å². The minimum atomic E-state index is 0.789. The van der Waals surface area contributed by atoms with Crippen molar-refractivity contribution in [2.24, 2.45) is 0 Å². The summed E-state index contributed by atoms with van der Waals surface area (Å²) in [6.07, 6.45) is 0. The Morgan fingerprint density at radius 3 is 2.61 bits per heavy atom. The van der Waals surface area contributed by atoms with Crippen molar-refractivity contribution >= 4 is 21.8 Å². The molecule has 0 atom stereocenters. The molecule has 0 bridgehead atoms. The van der Waals surface area contributed by atoms with E-state index in [1.807, 2.05) is 13.1 Å². The van der Waals surface area contributed by atoms with Gasteiger partial charge in [0, 0.05) is 16.8 Å². The molecule has 0 aliphatic rings. The number of aromatic nitrogens is 1. The number of nitrogens with zero attached hydrogens (tertiary/aromatic N) is 1. The zero-order valence-electron chi connectivity index (χ0n) is 10.6. The average Bonchev–Trinajstić information content (AvgIpc) is 2.73. The van der Waals surface area contributed by atoms with Crippen LogP contribution in [0.5, 0.6) is 5.75 Å². The molecule has 0 radical (unpaired) electrons. The van der Waals surface area contributed by atoms with E-state index in [1.165, 1.54) is 21.8 Å². The maximum atomic E-state index is 5.32. The zero-order chi connectivity index (χ0) is 12.5. The van der Waals surface area contributed by atoms with Crippen LogP contribution in [-0.4, -0.2) is 18.7 Å². The first kappa shape index (κ1) is 11.1. The molecule has 2 aromatic carbocycles. The molecule has 0 saturated carbocycles. The lowest BCUT2D eigenvalue weighted by Crippen LogP contribution is -2.12. The molecular weight excluding hydrogens is 224 g/mol. The average molecular weight is 240 g/mol. The minimum absolute atomic E-state index is 0.789. The van der Waals surface area contributed by atoms with Gasteiger partial charge in [0.1, 0.15) is 5.75 Å². The molecule has 0 spiro atoms. The molecule has 3 rings (SSSR count). The number of methoxy groups -OCH3 is 1. The molecule has 92 valence electrons. The van der Waals surface area contributed by atoms with Crippen molar-refractivity contribution in [1.29, 1.82) is 0 Å². The van der Waals surface area contributed by atoms with Gasteiger partial charge in [-0.3, -0.25) is 0 Å². The molecule has 3 nitrogen and oxygen atoms in total. The minimum Gasteiger partial charge on any atom is -0.497 e. The summed E-state index contributed by atoms with van der Waals surface area (Å²) in [5.41, 5.74) is 2.44. The number of rotatable bonds is 3. The first-order chi connectivity index (χ1) is 8.85. The highest BCUT2D eigenvalue weighted by Crippen LogP contribution is 2.30. The van der Waals surface area contributed by atoms with E-state index in [2.05, 4.69) is 46.3 Å². The Kier molecular flexibility index (Phi) is 2.68. The first-order valence-corrected chi connectivity index (χ1v) is 6.04. The van der Waals surface area contributed by atoms with E-state index in [0.717, 1.165) is 12.4 Å². The van der Waals surface area contributed by atoms with Crippen LogP contribution >= 0.6 is 0 Å². The molecule has 0 aliphatic heterocycles. The van der Waals surface area contributed by atoms with Crippen molar-refractivity contribution in [3.05, 3.63) is 42.5 Å². The number of para-hydroxylation sites is 1. The predicted octanol–water partition coefficient (Wildman–Crippen LogP) is 2.98. The lowest BCUT2D eigenvalue weighted by atomic mass is 10.1. The van der Waals surface area contributed by atoms with Crippen LogP contribution in [-0.2, 0) is 6.67 Å². The van der Waals surface area contributed by atoms with Gasteiger partial charge >= 0.3 is 0 Å². The maximum Gasteiger partial charge on any atom is 0.120 e. The zero-order valence-corrected chi connectivity index (χ0v) is 10.6. The van der Waals surface area contributed by atoms with Crippen molar-refractivity contribution in [3.8, 4) is 5.75 Å². The number of fused-ring (bicyclic) bond motifs is 3. The molecule has 1 heterocycles. The largest absolute Gasteiger partial charge is 0.497 e. The summed E-state index contributed by atoms with van der Waals surface area (Å²) in [7, 11) is 3.66. The van der Waals surface area contributed by atoms with Gasteiger partial charge in [0.25, 0.3) is 0 Å². The Hall–Kier alpha value is -2.00. The van der Waals surface area contributed by atoms with Gasteiger partial charge in [0.05, 0.1) is 24.8 Å². The second-order valence-corrected chi connectivity index (χ2v) is 4.34. The summed E-state index contributed by atoms with van der Waals surface area (Å²) < 4.78 is 7.59. The smallest absolute Gasteiger partial charge is 0.120 e. The van der Waals surface area contributed by atoms with Crippen LogP contribution in [0.1, 0.15) is 0 Å². The van der Waals surface area contributed by atoms with Gasteiger partial charge in [-0.2, -0.15) is 0 Å². The fourth-order valence-electron chi connectivity index (χ4n) is 2.48. The summed E-state index contributed by atoms with van der Waals surface area (Å²) in [5, 5.41) is 5.76. The second kappa shape index (κ2) is 4.35. The van der Waals surface area contributed by atoms with E-state index in [1.54, 1.807) is 7.11 Å². The van der Waals surface area contributed by atoms with Gasteiger partial charge in [-0.15, -0.1) is 0 Å². The summed E-state index contributed by atoms with van der Waals surface area (Å²) in [6, 6.07) is 14.7. The van der Waals surface area contributed by atoms with Gasteiger partial charge in [-0.1, -0.05) is 18.2 Å². The van der Waals surface area contributed by atoms with E-state index >= 15 is 0 Å². The SMILES string of the molecule is CNCn1c2ccccc2c2ccc(OC)cc21. The third kappa shape index (κ3) is 1.56. The van der Waals surface area contributed by atoms with E-state index in [0.29, 0.717) is 0 Å². The molecule has 0 saturated heterocycles.